The molecule has 0 amide bonds. The van der Waals surface area contributed by atoms with Crippen LogP contribution in [0.25, 0.3) is 0 Å². The second kappa shape index (κ2) is 5.09. The zero-order chi connectivity index (χ0) is 15.0. The summed E-state index contributed by atoms with van der Waals surface area (Å²) in [5, 5.41) is 10.8. The van der Waals surface area contributed by atoms with Crippen LogP contribution in [-0.4, -0.2) is 11.5 Å². The van der Waals surface area contributed by atoms with Crippen molar-refractivity contribution < 1.29 is 4.92 Å². The van der Waals surface area contributed by atoms with Crippen LogP contribution in [0.15, 0.2) is 36.4 Å². The number of anilines is 2. The van der Waals surface area contributed by atoms with Crippen molar-refractivity contribution in [2.75, 3.05) is 17.2 Å². The lowest BCUT2D eigenvalue weighted by atomic mass is 9.97. The van der Waals surface area contributed by atoms with Crippen molar-refractivity contribution in [3.8, 4) is 0 Å². The molecule has 0 radical (unpaired) electrons. The van der Waals surface area contributed by atoms with E-state index in [1.165, 1.54) is 11.1 Å². The van der Waals surface area contributed by atoms with Crippen LogP contribution in [-0.2, 0) is 13.0 Å². The standard InChI is InChI=1S/C16H17N3O2/c1-11-9-13(19(20)21)5-6-16(11)18-8-7-12-3-2-4-15(17)14(12)10-18/h2-6,9H,7-8,10,17H2,1H3. The van der Waals surface area contributed by atoms with Gasteiger partial charge in [-0.2, -0.15) is 0 Å². The number of fused-ring (bicyclic) bond motifs is 1. The number of nitro benzene ring substituents is 1. The highest BCUT2D eigenvalue weighted by Gasteiger charge is 2.20. The monoisotopic (exact) mass is 283 g/mol. The first kappa shape index (κ1) is 13.4. The van der Waals surface area contributed by atoms with Crippen LogP contribution in [0.1, 0.15) is 16.7 Å². The van der Waals surface area contributed by atoms with Crippen molar-refractivity contribution in [1.29, 1.82) is 0 Å². The van der Waals surface area contributed by atoms with Gasteiger partial charge in [0.1, 0.15) is 0 Å². The van der Waals surface area contributed by atoms with Crippen molar-refractivity contribution >= 4 is 17.1 Å². The van der Waals surface area contributed by atoms with Gasteiger partial charge in [0.15, 0.2) is 0 Å². The lowest BCUT2D eigenvalue weighted by molar-refractivity contribution is -0.384. The summed E-state index contributed by atoms with van der Waals surface area (Å²) < 4.78 is 0. The normalized spacial score (nSPS) is 13.9. The Hall–Kier alpha value is -2.56. The van der Waals surface area contributed by atoms with Crippen LogP contribution in [0.4, 0.5) is 17.1 Å². The van der Waals surface area contributed by atoms with E-state index in [9.17, 15) is 10.1 Å². The Bertz CT molecular complexity index is 713. The highest BCUT2D eigenvalue weighted by Crippen LogP contribution is 2.31. The van der Waals surface area contributed by atoms with Crippen molar-refractivity contribution in [3.63, 3.8) is 0 Å². The van der Waals surface area contributed by atoms with Crippen molar-refractivity contribution in [2.24, 2.45) is 0 Å². The summed E-state index contributed by atoms with van der Waals surface area (Å²) in [4.78, 5) is 12.7. The van der Waals surface area contributed by atoms with Gasteiger partial charge in [-0.15, -0.1) is 0 Å². The summed E-state index contributed by atoms with van der Waals surface area (Å²) >= 11 is 0. The third-order valence-electron chi connectivity index (χ3n) is 4.04. The third kappa shape index (κ3) is 2.42. The maximum atomic E-state index is 10.8. The Morgan fingerprint density at radius 3 is 2.81 bits per heavy atom. The topological polar surface area (TPSA) is 72.4 Å². The fraction of sp³-hybridized carbons (Fsp3) is 0.250. The zero-order valence-electron chi connectivity index (χ0n) is 11.9. The van der Waals surface area contributed by atoms with E-state index in [4.69, 9.17) is 5.73 Å². The van der Waals surface area contributed by atoms with Crippen molar-refractivity contribution in [2.45, 2.75) is 19.9 Å². The number of nitrogens with two attached hydrogens (primary N) is 1. The van der Waals surface area contributed by atoms with Gasteiger partial charge in [-0.3, -0.25) is 10.1 Å². The Kier molecular flexibility index (Phi) is 3.25. The van der Waals surface area contributed by atoms with Gasteiger partial charge < -0.3 is 10.6 Å². The molecule has 5 heteroatoms. The highest BCUT2D eigenvalue weighted by molar-refractivity contribution is 5.61. The SMILES string of the molecule is Cc1cc([N+](=O)[O-])ccc1N1CCc2cccc(N)c2C1. The highest BCUT2D eigenvalue weighted by atomic mass is 16.6. The number of nitro groups is 1. The average Bonchev–Trinajstić information content (AvgIpc) is 2.47. The van der Waals surface area contributed by atoms with Crippen LogP contribution in [0.2, 0.25) is 0 Å². The van der Waals surface area contributed by atoms with Crippen LogP contribution in [0.3, 0.4) is 0 Å². The van der Waals surface area contributed by atoms with E-state index in [0.717, 1.165) is 36.4 Å². The van der Waals surface area contributed by atoms with Gasteiger partial charge in [-0.1, -0.05) is 12.1 Å². The lowest BCUT2D eigenvalue weighted by Gasteiger charge is -2.32. The molecule has 5 nitrogen and oxygen atoms in total. The first-order valence-corrected chi connectivity index (χ1v) is 6.92. The summed E-state index contributed by atoms with van der Waals surface area (Å²) in [6.07, 6.45) is 0.941. The zero-order valence-corrected chi connectivity index (χ0v) is 11.9. The minimum absolute atomic E-state index is 0.133. The molecular weight excluding hydrogens is 266 g/mol. The smallest absolute Gasteiger partial charge is 0.269 e. The number of nitrogens with zero attached hydrogens (tertiary/aromatic N) is 2. The summed E-state index contributed by atoms with van der Waals surface area (Å²) in [5.74, 6) is 0. The fourth-order valence-corrected chi connectivity index (χ4v) is 2.92. The molecule has 0 aromatic heterocycles. The molecule has 0 saturated carbocycles. The maximum absolute atomic E-state index is 10.8. The molecule has 108 valence electrons. The van der Waals surface area contributed by atoms with E-state index in [-0.39, 0.29) is 10.6 Å². The number of rotatable bonds is 2. The van der Waals surface area contributed by atoms with E-state index >= 15 is 0 Å². The minimum atomic E-state index is -0.361. The number of hydrogen-bond donors (Lipinski definition) is 1. The van der Waals surface area contributed by atoms with Gasteiger partial charge >= 0.3 is 0 Å². The lowest BCUT2D eigenvalue weighted by Crippen LogP contribution is -2.31. The van der Waals surface area contributed by atoms with Gasteiger partial charge in [0.25, 0.3) is 5.69 Å². The Labute approximate surface area is 123 Å². The van der Waals surface area contributed by atoms with Gasteiger partial charge in [0, 0.05) is 36.6 Å². The molecule has 0 unspecified atom stereocenters. The molecule has 0 saturated heterocycles. The van der Waals surface area contributed by atoms with Crippen LogP contribution < -0.4 is 10.6 Å². The van der Waals surface area contributed by atoms with Crippen LogP contribution in [0.5, 0.6) is 0 Å². The molecule has 2 aromatic rings. The first-order chi connectivity index (χ1) is 10.1. The van der Waals surface area contributed by atoms with E-state index in [1.54, 1.807) is 12.1 Å². The van der Waals surface area contributed by atoms with Crippen LogP contribution in [0, 0.1) is 17.0 Å². The summed E-state index contributed by atoms with van der Waals surface area (Å²) in [7, 11) is 0. The fourth-order valence-electron chi connectivity index (χ4n) is 2.92. The number of aryl methyl sites for hydroxylation is 1. The molecule has 1 aliphatic rings. The quantitative estimate of drug-likeness (QED) is 0.522. The summed E-state index contributed by atoms with van der Waals surface area (Å²) in [6.45, 7) is 3.56. The number of benzene rings is 2. The van der Waals surface area contributed by atoms with Crippen molar-refractivity contribution in [1.82, 2.24) is 0 Å². The van der Waals surface area contributed by atoms with Gasteiger partial charge in [-0.05, 0) is 42.2 Å². The molecule has 21 heavy (non-hydrogen) atoms. The molecule has 0 fully saturated rings. The van der Waals surface area contributed by atoms with Gasteiger partial charge in [0.2, 0.25) is 0 Å². The van der Waals surface area contributed by atoms with Gasteiger partial charge in [-0.25, -0.2) is 0 Å². The van der Waals surface area contributed by atoms with Crippen LogP contribution >= 0.6 is 0 Å². The molecule has 1 aliphatic heterocycles. The van der Waals surface area contributed by atoms with E-state index in [1.807, 2.05) is 25.1 Å². The Morgan fingerprint density at radius 1 is 1.29 bits per heavy atom. The molecule has 0 atom stereocenters. The number of hydrogen-bond acceptors (Lipinski definition) is 4. The Balaban J connectivity index is 1.93. The predicted octanol–water partition coefficient (Wildman–Crippen LogP) is 3.05. The van der Waals surface area contributed by atoms with Gasteiger partial charge in [0.05, 0.1) is 4.92 Å². The van der Waals surface area contributed by atoms with Crippen molar-refractivity contribution in [3.05, 3.63) is 63.2 Å². The average molecular weight is 283 g/mol. The molecule has 3 rings (SSSR count). The molecule has 1 heterocycles. The summed E-state index contributed by atoms with van der Waals surface area (Å²) in [6, 6.07) is 11.0. The molecule has 0 bridgehead atoms. The maximum Gasteiger partial charge on any atom is 0.269 e. The third-order valence-corrected chi connectivity index (χ3v) is 4.04. The first-order valence-electron chi connectivity index (χ1n) is 6.92. The van der Waals surface area contributed by atoms with E-state index in [0.29, 0.717) is 0 Å². The molecule has 2 N–H and O–H groups in total. The Morgan fingerprint density at radius 2 is 2.10 bits per heavy atom. The number of nitrogen functional groups attached to an aromatic ring is 1. The minimum Gasteiger partial charge on any atom is -0.398 e. The molecule has 2 aromatic carbocycles. The molecular formula is C16H17N3O2. The van der Waals surface area contributed by atoms with E-state index < -0.39 is 0 Å². The molecule has 0 spiro atoms. The predicted molar refractivity (Wildman–Crippen MR) is 83.4 cm³/mol. The summed E-state index contributed by atoms with van der Waals surface area (Å²) in [5.41, 5.74) is 11.4. The molecule has 0 aliphatic carbocycles. The van der Waals surface area contributed by atoms with E-state index in [2.05, 4.69) is 11.0 Å². The second-order valence-electron chi connectivity index (χ2n) is 5.38. The largest absolute Gasteiger partial charge is 0.398 e. The number of non-ortho nitro benzene ring substituents is 1. The second-order valence-corrected chi connectivity index (χ2v) is 5.38.